The van der Waals surface area contributed by atoms with Crippen LogP contribution in [0, 0.1) is 11.8 Å². The van der Waals surface area contributed by atoms with Gasteiger partial charge in [-0.3, -0.25) is 4.68 Å². The minimum Gasteiger partial charge on any atom is -0.275 e. The largest absolute Gasteiger partial charge is 0.275 e. The molecule has 0 amide bonds. The van der Waals surface area contributed by atoms with Crippen molar-refractivity contribution in [1.82, 2.24) is 19.7 Å². The SMILES string of the molecule is CCc1nc2cccc(C#Cc3cnn(C)c3)c2nc1-c1ccccc1. The summed E-state index contributed by atoms with van der Waals surface area (Å²) in [6.45, 7) is 2.11. The molecule has 0 radical (unpaired) electrons. The Morgan fingerprint density at radius 1 is 0.962 bits per heavy atom. The summed E-state index contributed by atoms with van der Waals surface area (Å²) in [6.07, 6.45) is 4.49. The van der Waals surface area contributed by atoms with Crippen molar-refractivity contribution in [3.8, 4) is 23.1 Å². The molecule has 0 unspecified atom stereocenters. The highest BCUT2D eigenvalue weighted by Crippen LogP contribution is 2.25. The molecule has 0 aliphatic heterocycles. The zero-order valence-corrected chi connectivity index (χ0v) is 14.8. The number of rotatable bonds is 2. The van der Waals surface area contributed by atoms with Crippen molar-refractivity contribution in [2.75, 3.05) is 0 Å². The lowest BCUT2D eigenvalue weighted by Gasteiger charge is -2.09. The standard InChI is InChI=1S/C22H18N4/c1-3-19-21(17-8-5-4-6-9-17)25-22-18(10-7-11-20(22)24-19)13-12-16-14-23-26(2)15-16/h4-11,14-15H,3H2,1-2H3. The van der Waals surface area contributed by atoms with Crippen molar-refractivity contribution in [2.45, 2.75) is 13.3 Å². The number of nitrogens with zero attached hydrogens (tertiary/aromatic N) is 4. The molecule has 0 aliphatic rings. The second-order valence-corrected chi connectivity index (χ2v) is 6.06. The highest BCUT2D eigenvalue weighted by Gasteiger charge is 2.11. The van der Waals surface area contributed by atoms with E-state index in [1.54, 1.807) is 10.9 Å². The first-order valence-electron chi connectivity index (χ1n) is 8.60. The summed E-state index contributed by atoms with van der Waals surface area (Å²) in [5, 5.41) is 4.15. The van der Waals surface area contributed by atoms with E-state index < -0.39 is 0 Å². The van der Waals surface area contributed by atoms with E-state index in [4.69, 9.17) is 9.97 Å². The van der Waals surface area contributed by atoms with Crippen LogP contribution in [-0.4, -0.2) is 19.7 Å². The first kappa shape index (κ1) is 16.0. The molecule has 0 saturated heterocycles. The van der Waals surface area contributed by atoms with Gasteiger partial charge in [-0.15, -0.1) is 0 Å². The molecule has 2 heterocycles. The van der Waals surface area contributed by atoms with Gasteiger partial charge in [-0.05, 0) is 18.6 Å². The monoisotopic (exact) mass is 338 g/mol. The van der Waals surface area contributed by atoms with Gasteiger partial charge in [-0.1, -0.05) is 55.2 Å². The van der Waals surface area contributed by atoms with Crippen LogP contribution in [0.5, 0.6) is 0 Å². The van der Waals surface area contributed by atoms with Crippen LogP contribution in [0.4, 0.5) is 0 Å². The molecule has 0 atom stereocenters. The van der Waals surface area contributed by atoms with Crippen LogP contribution in [-0.2, 0) is 13.5 Å². The second-order valence-electron chi connectivity index (χ2n) is 6.06. The van der Waals surface area contributed by atoms with E-state index in [1.807, 2.05) is 49.6 Å². The van der Waals surface area contributed by atoms with Crippen molar-refractivity contribution in [3.63, 3.8) is 0 Å². The Balaban J connectivity index is 1.89. The van der Waals surface area contributed by atoms with Gasteiger partial charge in [0.05, 0.1) is 34.2 Å². The molecule has 0 bridgehead atoms. The van der Waals surface area contributed by atoms with Crippen LogP contribution >= 0.6 is 0 Å². The molecular weight excluding hydrogens is 320 g/mol. The highest BCUT2D eigenvalue weighted by atomic mass is 15.2. The first-order valence-corrected chi connectivity index (χ1v) is 8.60. The lowest BCUT2D eigenvalue weighted by molar-refractivity contribution is 0.767. The molecular formula is C22H18N4. The zero-order chi connectivity index (χ0) is 17.9. The number of aromatic nitrogens is 4. The first-order chi connectivity index (χ1) is 12.7. The van der Waals surface area contributed by atoms with Crippen LogP contribution in [0.3, 0.4) is 0 Å². The normalized spacial score (nSPS) is 10.5. The van der Waals surface area contributed by atoms with Crippen LogP contribution in [0.2, 0.25) is 0 Å². The number of benzene rings is 2. The molecule has 0 aliphatic carbocycles. The molecule has 4 aromatic rings. The minimum atomic E-state index is 0.832. The molecule has 0 saturated carbocycles. The number of hydrogen-bond acceptors (Lipinski definition) is 3. The Kier molecular flexibility index (Phi) is 4.20. The Morgan fingerprint density at radius 3 is 2.54 bits per heavy atom. The highest BCUT2D eigenvalue weighted by molar-refractivity contribution is 5.84. The average molecular weight is 338 g/mol. The van der Waals surface area contributed by atoms with E-state index in [2.05, 4.69) is 36.0 Å². The summed E-state index contributed by atoms with van der Waals surface area (Å²) < 4.78 is 1.74. The van der Waals surface area contributed by atoms with Gasteiger partial charge in [-0.2, -0.15) is 5.10 Å². The smallest absolute Gasteiger partial charge is 0.105 e. The average Bonchev–Trinajstić information content (AvgIpc) is 3.11. The summed E-state index contributed by atoms with van der Waals surface area (Å²) in [4.78, 5) is 9.79. The van der Waals surface area contributed by atoms with Crippen molar-refractivity contribution >= 4 is 11.0 Å². The van der Waals surface area contributed by atoms with Crippen LogP contribution in [0.1, 0.15) is 23.7 Å². The molecule has 2 aromatic carbocycles. The lowest BCUT2D eigenvalue weighted by atomic mass is 10.1. The molecule has 4 heteroatoms. The maximum absolute atomic E-state index is 4.95. The van der Waals surface area contributed by atoms with Crippen molar-refractivity contribution in [1.29, 1.82) is 0 Å². The fourth-order valence-electron chi connectivity index (χ4n) is 2.91. The van der Waals surface area contributed by atoms with Gasteiger partial charge in [0, 0.05) is 18.8 Å². The van der Waals surface area contributed by atoms with Gasteiger partial charge >= 0.3 is 0 Å². The fraction of sp³-hybridized carbons (Fsp3) is 0.136. The lowest BCUT2D eigenvalue weighted by Crippen LogP contribution is -1.99. The molecule has 4 nitrogen and oxygen atoms in total. The van der Waals surface area contributed by atoms with Crippen LogP contribution in [0.15, 0.2) is 60.9 Å². The van der Waals surface area contributed by atoms with Crippen LogP contribution < -0.4 is 0 Å². The predicted octanol–water partition coefficient (Wildman–Crippen LogP) is 3.99. The van der Waals surface area contributed by atoms with E-state index in [0.29, 0.717) is 0 Å². The predicted molar refractivity (Wildman–Crippen MR) is 104 cm³/mol. The number of fused-ring (bicyclic) bond motifs is 1. The van der Waals surface area contributed by atoms with E-state index in [1.165, 1.54) is 0 Å². The van der Waals surface area contributed by atoms with Gasteiger partial charge in [-0.25, -0.2) is 9.97 Å². The summed E-state index contributed by atoms with van der Waals surface area (Å²) in [5.41, 5.74) is 6.47. The van der Waals surface area contributed by atoms with Crippen molar-refractivity contribution in [2.24, 2.45) is 7.05 Å². The molecule has 0 fully saturated rings. The van der Waals surface area contributed by atoms with Gasteiger partial charge in [0.25, 0.3) is 0 Å². The van der Waals surface area contributed by atoms with Crippen molar-refractivity contribution < 1.29 is 0 Å². The van der Waals surface area contributed by atoms with Crippen LogP contribution in [0.25, 0.3) is 22.3 Å². The number of aryl methyl sites for hydroxylation is 2. The number of hydrogen-bond donors (Lipinski definition) is 0. The zero-order valence-electron chi connectivity index (χ0n) is 14.8. The molecule has 2 aromatic heterocycles. The van der Waals surface area contributed by atoms with E-state index in [-0.39, 0.29) is 0 Å². The Labute approximate surface area is 152 Å². The van der Waals surface area contributed by atoms with Gasteiger partial charge < -0.3 is 0 Å². The third kappa shape index (κ3) is 3.07. The van der Waals surface area contributed by atoms with Crippen molar-refractivity contribution in [3.05, 3.63) is 77.7 Å². The van der Waals surface area contributed by atoms with Gasteiger partial charge in [0.2, 0.25) is 0 Å². The topological polar surface area (TPSA) is 43.6 Å². The molecule has 0 N–H and O–H groups in total. The Hall–Kier alpha value is -3.45. The quantitative estimate of drug-likeness (QED) is 0.519. The second kappa shape index (κ2) is 6.81. The molecule has 0 spiro atoms. The van der Waals surface area contributed by atoms with Gasteiger partial charge in [0.15, 0.2) is 0 Å². The van der Waals surface area contributed by atoms with E-state index in [9.17, 15) is 0 Å². The third-order valence-corrected chi connectivity index (χ3v) is 4.20. The summed E-state index contributed by atoms with van der Waals surface area (Å²) in [6, 6.07) is 16.1. The Bertz CT molecular complexity index is 1130. The Morgan fingerprint density at radius 2 is 1.81 bits per heavy atom. The summed E-state index contributed by atoms with van der Waals surface area (Å²) >= 11 is 0. The molecule has 126 valence electrons. The maximum Gasteiger partial charge on any atom is 0.105 e. The van der Waals surface area contributed by atoms with E-state index >= 15 is 0 Å². The molecule has 26 heavy (non-hydrogen) atoms. The summed E-state index contributed by atoms with van der Waals surface area (Å²) in [7, 11) is 1.88. The fourth-order valence-corrected chi connectivity index (χ4v) is 2.91. The summed E-state index contributed by atoms with van der Waals surface area (Å²) in [5.74, 6) is 6.39. The van der Waals surface area contributed by atoms with Gasteiger partial charge in [0.1, 0.15) is 5.52 Å². The minimum absolute atomic E-state index is 0.832. The van der Waals surface area contributed by atoms with E-state index in [0.717, 1.165) is 45.5 Å². The molecule has 4 rings (SSSR count). The number of para-hydroxylation sites is 1. The third-order valence-electron chi connectivity index (χ3n) is 4.20. The maximum atomic E-state index is 4.95.